The third-order valence-electron chi connectivity index (χ3n) is 2.38. The predicted molar refractivity (Wildman–Crippen MR) is 75.4 cm³/mol. The van der Waals surface area contributed by atoms with Gasteiger partial charge in [0.25, 0.3) is 0 Å². The number of hydrogen-bond acceptors (Lipinski definition) is 3. The second-order valence-corrected chi connectivity index (χ2v) is 7.53. The van der Waals surface area contributed by atoms with Crippen LogP contribution in [-0.2, 0) is 9.05 Å². The molecule has 1 atom stereocenters. The molecule has 0 aliphatic rings. The van der Waals surface area contributed by atoms with Crippen molar-refractivity contribution in [2.24, 2.45) is 5.92 Å². The molecule has 0 saturated heterocycles. The largest absolute Gasteiger partial charge is 0.492 e. The highest BCUT2D eigenvalue weighted by atomic mass is 35.7. The fraction of sp³-hybridized carbons (Fsp3) is 0.455. The molecule has 0 N–H and O–H groups in total. The van der Waals surface area contributed by atoms with Gasteiger partial charge in [-0.2, -0.15) is 0 Å². The van der Waals surface area contributed by atoms with Crippen LogP contribution in [-0.4, -0.2) is 20.8 Å². The van der Waals surface area contributed by atoms with Crippen LogP contribution in [0.2, 0.25) is 10.0 Å². The maximum Gasteiger partial charge on any atom is 0.232 e. The topological polar surface area (TPSA) is 43.4 Å². The van der Waals surface area contributed by atoms with Crippen molar-refractivity contribution in [3.8, 4) is 5.75 Å². The number of benzene rings is 1. The van der Waals surface area contributed by atoms with E-state index in [-0.39, 0.29) is 18.3 Å². The number of hydrogen-bond donors (Lipinski definition) is 0. The Morgan fingerprint density at radius 3 is 2.50 bits per heavy atom. The second-order valence-electron chi connectivity index (χ2n) is 3.87. The third kappa shape index (κ3) is 5.65. The first-order valence-corrected chi connectivity index (χ1v) is 8.55. The molecule has 1 rings (SSSR count). The zero-order valence-corrected chi connectivity index (χ0v) is 12.8. The van der Waals surface area contributed by atoms with Crippen LogP contribution < -0.4 is 4.74 Å². The van der Waals surface area contributed by atoms with E-state index in [1.54, 1.807) is 18.2 Å². The maximum absolute atomic E-state index is 11.0. The van der Waals surface area contributed by atoms with Crippen molar-refractivity contribution < 1.29 is 13.2 Å². The molecule has 0 fully saturated rings. The predicted octanol–water partition coefficient (Wildman–Crippen LogP) is 3.97. The molecule has 18 heavy (non-hydrogen) atoms. The first kappa shape index (κ1) is 15.9. The van der Waals surface area contributed by atoms with Crippen molar-refractivity contribution >= 4 is 42.9 Å². The SMILES string of the molecule is CCC(COc1ccc(Cl)cc1Cl)CS(=O)(=O)Cl. The van der Waals surface area contributed by atoms with Crippen LogP contribution in [0.25, 0.3) is 0 Å². The standard InChI is InChI=1S/C11H13Cl3O3S/c1-2-8(7-18(14,15)16)6-17-11-4-3-9(12)5-10(11)13/h3-5,8H,2,6-7H2,1H3. The van der Waals surface area contributed by atoms with Crippen LogP contribution in [0.3, 0.4) is 0 Å². The molecule has 0 amide bonds. The summed E-state index contributed by atoms with van der Waals surface area (Å²) >= 11 is 11.7. The van der Waals surface area contributed by atoms with E-state index in [9.17, 15) is 8.42 Å². The Labute approximate surface area is 121 Å². The molecular weight excluding hydrogens is 319 g/mol. The Hall–Kier alpha value is -0.160. The van der Waals surface area contributed by atoms with Gasteiger partial charge in [0, 0.05) is 21.6 Å². The molecular formula is C11H13Cl3O3S. The summed E-state index contributed by atoms with van der Waals surface area (Å²) in [7, 11) is 1.70. The summed E-state index contributed by atoms with van der Waals surface area (Å²) < 4.78 is 27.5. The van der Waals surface area contributed by atoms with Gasteiger partial charge in [-0.25, -0.2) is 8.42 Å². The van der Waals surface area contributed by atoms with Gasteiger partial charge in [0.1, 0.15) is 5.75 Å². The fourth-order valence-electron chi connectivity index (χ4n) is 1.37. The average Bonchev–Trinajstić information content (AvgIpc) is 2.24. The first-order valence-electron chi connectivity index (χ1n) is 5.32. The van der Waals surface area contributed by atoms with Crippen LogP contribution >= 0.6 is 33.9 Å². The highest BCUT2D eigenvalue weighted by Crippen LogP contribution is 2.28. The summed E-state index contributed by atoms with van der Waals surface area (Å²) in [6.45, 7) is 2.11. The van der Waals surface area contributed by atoms with Crippen LogP contribution in [0.15, 0.2) is 18.2 Å². The Bertz CT molecular complexity index is 502. The van der Waals surface area contributed by atoms with Crippen LogP contribution in [0.1, 0.15) is 13.3 Å². The molecule has 0 bridgehead atoms. The quantitative estimate of drug-likeness (QED) is 0.741. The highest BCUT2D eigenvalue weighted by molar-refractivity contribution is 8.13. The van der Waals surface area contributed by atoms with Crippen molar-refractivity contribution in [3.63, 3.8) is 0 Å². The monoisotopic (exact) mass is 330 g/mol. The molecule has 0 heterocycles. The van der Waals surface area contributed by atoms with Crippen LogP contribution in [0.4, 0.5) is 0 Å². The van der Waals surface area contributed by atoms with Gasteiger partial charge in [-0.1, -0.05) is 30.1 Å². The summed E-state index contributed by atoms with van der Waals surface area (Å²) in [6, 6.07) is 4.87. The average molecular weight is 332 g/mol. The molecule has 0 aromatic heterocycles. The molecule has 0 radical (unpaired) electrons. The minimum atomic E-state index is -3.52. The molecule has 1 aromatic rings. The van der Waals surface area contributed by atoms with Crippen molar-refractivity contribution in [1.29, 1.82) is 0 Å². The van der Waals surface area contributed by atoms with E-state index in [0.29, 0.717) is 22.2 Å². The summed E-state index contributed by atoms with van der Waals surface area (Å²) in [5.74, 6) is 0.196. The summed E-state index contributed by atoms with van der Waals surface area (Å²) in [5, 5.41) is 0.911. The lowest BCUT2D eigenvalue weighted by atomic mass is 10.1. The Morgan fingerprint density at radius 2 is 2.00 bits per heavy atom. The van der Waals surface area contributed by atoms with E-state index in [1.165, 1.54) is 0 Å². The first-order chi connectivity index (χ1) is 8.31. The minimum Gasteiger partial charge on any atom is -0.492 e. The smallest absolute Gasteiger partial charge is 0.232 e. The number of ether oxygens (including phenoxy) is 1. The molecule has 7 heteroatoms. The third-order valence-corrected chi connectivity index (χ3v) is 4.16. The van der Waals surface area contributed by atoms with Gasteiger partial charge < -0.3 is 4.74 Å². The Kier molecular flexibility index (Phi) is 6.05. The lowest BCUT2D eigenvalue weighted by Crippen LogP contribution is -2.19. The van der Waals surface area contributed by atoms with Gasteiger partial charge in [-0.15, -0.1) is 0 Å². The molecule has 1 unspecified atom stereocenters. The molecule has 0 aliphatic carbocycles. The van der Waals surface area contributed by atoms with Crippen LogP contribution in [0, 0.1) is 5.92 Å². The normalized spacial score (nSPS) is 13.3. The Morgan fingerprint density at radius 1 is 1.33 bits per heavy atom. The van der Waals surface area contributed by atoms with Crippen molar-refractivity contribution in [2.75, 3.05) is 12.4 Å². The van der Waals surface area contributed by atoms with E-state index in [1.807, 2.05) is 6.92 Å². The fourth-order valence-corrected chi connectivity index (χ4v) is 3.26. The van der Waals surface area contributed by atoms with E-state index < -0.39 is 9.05 Å². The Balaban J connectivity index is 2.62. The molecule has 1 aromatic carbocycles. The zero-order valence-electron chi connectivity index (χ0n) is 9.70. The van der Waals surface area contributed by atoms with Gasteiger partial charge in [-0.05, 0) is 24.6 Å². The summed E-state index contributed by atoms with van der Waals surface area (Å²) in [4.78, 5) is 0. The molecule has 0 aliphatic heterocycles. The second kappa shape index (κ2) is 6.85. The molecule has 102 valence electrons. The van der Waals surface area contributed by atoms with Crippen LogP contribution in [0.5, 0.6) is 5.75 Å². The van der Waals surface area contributed by atoms with E-state index in [4.69, 9.17) is 38.6 Å². The number of rotatable bonds is 6. The lowest BCUT2D eigenvalue weighted by molar-refractivity contribution is 0.258. The van der Waals surface area contributed by atoms with Crippen molar-refractivity contribution in [1.82, 2.24) is 0 Å². The molecule has 0 spiro atoms. The van der Waals surface area contributed by atoms with Gasteiger partial charge in [0.05, 0.1) is 17.4 Å². The van der Waals surface area contributed by atoms with Crippen molar-refractivity contribution in [2.45, 2.75) is 13.3 Å². The van der Waals surface area contributed by atoms with E-state index in [0.717, 1.165) is 0 Å². The zero-order chi connectivity index (χ0) is 13.8. The minimum absolute atomic E-state index is 0.115. The summed E-state index contributed by atoms with van der Waals surface area (Å²) in [6.07, 6.45) is 0.650. The molecule has 3 nitrogen and oxygen atoms in total. The highest BCUT2D eigenvalue weighted by Gasteiger charge is 2.16. The van der Waals surface area contributed by atoms with Gasteiger partial charge >= 0.3 is 0 Å². The van der Waals surface area contributed by atoms with Gasteiger partial charge in [-0.3, -0.25) is 0 Å². The van der Waals surface area contributed by atoms with E-state index >= 15 is 0 Å². The lowest BCUT2D eigenvalue weighted by Gasteiger charge is -2.15. The van der Waals surface area contributed by atoms with E-state index in [2.05, 4.69) is 0 Å². The van der Waals surface area contributed by atoms with Gasteiger partial charge in [0.15, 0.2) is 0 Å². The number of halogens is 3. The van der Waals surface area contributed by atoms with Gasteiger partial charge in [0.2, 0.25) is 9.05 Å². The summed E-state index contributed by atoms with van der Waals surface area (Å²) in [5.41, 5.74) is 0. The van der Waals surface area contributed by atoms with Crippen molar-refractivity contribution in [3.05, 3.63) is 28.2 Å². The molecule has 0 saturated carbocycles. The maximum atomic E-state index is 11.0.